The summed E-state index contributed by atoms with van der Waals surface area (Å²) in [6.07, 6.45) is 2.47. The number of Topliss-reactive ketones (excluding diaryl/α,β-unsaturated/α-hetero) is 1. The number of nitrogens with one attached hydrogen (secondary N) is 3. The Bertz CT molecular complexity index is 1080. The number of benzene rings is 1. The van der Waals surface area contributed by atoms with Crippen LogP contribution in [-0.2, 0) is 30.3 Å². The molecule has 3 N–H and O–H groups in total. The summed E-state index contributed by atoms with van der Waals surface area (Å²) < 4.78 is 5.38. The number of rotatable bonds is 10. The number of ether oxygens (including phenoxy) is 1. The molecule has 10 heteroatoms. The summed E-state index contributed by atoms with van der Waals surface area (Å²) in [5.74, 6) is -2.22. The van der Waals surface area contributed by atoms with Crippen LogP contribution in [0.25, 0.3) is 16.4 Å². The van der Waals surface area contributed by atoms with Crippen molar-refractivity contribution >= 4 is 40.7 Å². The predicted octanol–water partition coefficient (Wildman–Crippen LogP) is 1.69. The summed E-state index contributed by atoms with van der Waals surface area (Å²) in [6, 6.07) is 5.47. The largest absolute Gasteiger partial charge is 0.458 e. The first-order valence-electron chi connectivity index (χ1n) is 10.6. The number of esters is 1. The van der Waals surface area contributed by atoms with Crippen LogP contribution in [0.3, 0.4) is 0 Å². The molecule has 0 spiro atoms. The molecule has 2 rings (SSSR count). The molecule has 0 fully saturated rings. The van der Waals surface area contributed by atoms with Gasteiger partial charge in [-0.2, -0.15) is 4.79 Å². The molecule has 0 saturated carbocycles. The fourth-order valence-corrected chi connectivity index (χ4v) is 3.28. The van der Waals surface area contributed by atoms with Crippen molar-refractivity contribution in [2.24, 2.45) is 0 Å². The zero-order valence-corrected chi connectivity index (χ0v) is 19.2. The van der Waals surface area contributed by atoms with E-state index in [1.807, 2.05) is 24.3 Å². The molecule has 176 valence electrons. The topological polar surface area (TPSA) is 154 Å². The van der Waals surface area contributed by atoms with E-state index in [-0.39, 0.29) is 19.3 Å². The van der Waals surface area contributed by atoms with E-state index in [4.69, 9.17) is 10.3 Å². The molecule has 2 amide bonds. The quantitative estimate of drug-likeness (QED) is 0.215. The minimum Gasteiger partial charge on any atom is -0.458 e. The number of nitrogens with zero attached hydrogens (tertiary/aromatic N) is 2. The average molecular weight is 456 g/mol. The second-order valence-electron chi connectivity index (χ2n) is 8.66. The van der Waals surface area contributed by atoms with Gasteiger partial charge in [0.25, 0.3) is 0 Å². The van der Waals surface area contributed by atoms with Crippen molar-refractivity contribution in [2.75, 3.05) is 0 Å². The molecular weight excluding hydrogens is 426 g/mol. The monoisotopic (exact) mass is 455 g/mol. The Labute approximate surface area is 191 Å². The van der Waals surface area contributed by atoms with Crippen LogP contribution in [0.1, 0.15) is 46.1 Å². The first-order valence-corrected chi connectivity index (χ1v) is 10.6. The first-order chi connectivity index (χ1) is 15.5. The highest BCUT2D eigenvalue weighted by atomic mass is 16.6. The second-order valence-corrected chi connectivity index (χ2v) is 8.66. The Kier molecular flexibility index (Phi) is 8.64. The summed E-state index contributed by atoms with van der Waals surface area (Å²) in [5, 5.41) is 6.14. The zero-order chi connectivity index (χ0) is 24.6. The van der Waals surface area contributed by atoms with Crippen LogP contribution in [0.4, 0.5) is 0 Å². The Morgan fingerprint density at radius 2 is 1.85 bits per heavy atom. The molecule has 0 saturated heterocycles. The lowest BCUT2D eigenvalue weighted by Gasteiger charge is -2.26. The molecule has 10 nitrogen and oxygen atoms in total. The molecule has 0 aliphatic heterocycles. The standard InChI is InChI=1S/C23H29N5O5/c1-14(29)27-20(11-15-12-25-18-8-6-5-7-17(15)18)21(31)28-19(10-9-16(30)13-26-24)22(32)33-23(2,3)4/h5-8,12-13,19-20,25H,9-11H2,1-4H3,(H,27,29)(H,28,31)/t19-,20-/m0/s1. The van der Waals surface area contributed by atoms with Gasteiger partial charge in [-0.3, -0.25) is 14.4 Å². The van der Waals surface area contributed by atoms with E-state index in [0.717, 1.165) is 22.7 Å². The molecule has 1 aromatic heterocycles. The van der Waals surface area contributed by atoms with Gasteiger partial charge in [0.2, 0.25) is 17.6 Å². The number of ketones is 1. The van der Waals surface area contributed by atoms with Gasteiger partial charge in [-0.25, -0.2) is 4.79 Å². The average Bonchev–Trinajstić information content (AvgIpc) is 3.12. The number of hydrogen-bond donors (Lipinski definition) is 3. The van der Waals surface area contributed by atoms with Crippen molar-refractivity contribution in [3.8, 4) is 0 Å². The van der Waals surface area contributed by atoms with Crippen molar-refractivity contribution in [1.29, 1.82) is 0 Å². The van der Waals surface area contributed by atoms with E-state index < -0.39 is 41.3 Å². The number of H-pyrrole nitrogens is 1. The van der Waals surface area contributed by atoms with Crippen LogP contribution in [0, 0.1) is 0 Å². The number of amides is 2. The van der Waals surface area contributed by atoms with Crippen LogP contribution in [-0.4, -0.2) is 57.2 Å². The molecule has 2 atom stereocenters. The minimum atomic E-state index is -1.13. The summed E-state index contributed by atoms with van der Waals surface area (Å²) in [4.78, 5) is 55.1. The molecule has 0 unspecified atom stereocenters. The van der Waals surface area contributed by atoms with Crippen LogP contribution in [0.2, 0.25) is 0 Å². The maximum Gasteiger partial charge on any atom is 0.329 e. The summed E-state index contributed by atoms with van der Waals surface area (Å²) in [5.41, 5.74) is 9.42. The maximum absolute atomic E-state index is 13.1. The van der Waals surface area contributed by atoms with E-state index in [2.05, 4.69) is 20.4 Å². The van der Waals surface area contributed by atoms with Gasteiger partial charge in [0.15, 0.2) is 0 Å². The van der Waals surface area contributed by atoms with Crippen molar-refractivity contribution in [3.05, 3.63) is 41.6 Å². The molecule has 0 aliphatic carbocycles. The Morgan fingerprint density at radius 3 is 2.48 bits per heavy atom. The Morgan fingerprint density at radius 1 is 1.15 bits per heavy atom. The Balaban J connectivity index is 2.22. The molecule has 0 bridgehead atoms. The number of aromatic nitrogens is 1. The Hall–Kier alpha value is -3.78. The molecular formula is C23H29N5O5. The number of carbonyl (C=O) groups is 4. The van der Waals surface area contributed by atoms with Gasteiger partial charge in [-0.05, 0) is 38.8 Å². The molecule has 33 heavy (non-hydrogen) atoms. The van der Waals surface area contributed by atoms with Crippen LogP contribution >= 0.6 is 0 Å². The van der Waals surface area contributed by atoms with E-state index in [9.17, 15) is 19.2 Å². The third kappa shape index (κ3) is 8.01. The molecule has 1 aromatic carbocycles. The van der Waals surface area contributed by atoms with E-state index in [1.165, 1.54) is 6.92 Å². The van der Waals surface area contributed by atoms with Gasteiger partial charge < -0.3 is 25.9 Å². The number of hydrogen-bond acceptors (Lipinski definition) is 5. The molecule has 0 radical (unpaired) electrons. The lowest BCUT2D eigenvalue weighted by molar-refractivity contribution is -0.159. The normalized spacial score (nSPS) is 12.8. The molecule has 2 aromatic rings. The van der Waals surface area contributed by atoms with E-state index in [0.29, 0.717) is 0 Å². The van der Waals surface area contributed by atoms with Gasteiger partial charge in [-0.15, -0.1) is 0 Å². The molecule has 1 heterocycles. The van der Waals surface area contributed by atoms with Crippen molar-refractivity contribution in [1.82, 2.24) is 15.6 Å². The highest BCUT2D eigenvalue weighted by Crippen LogP contribution is 2.19. The van der Waals surface area contributed by atoms with Gasteiger partial charge in [0, 0.05) is 36.9 Å². The third-order valence-electron chi connectivity index (χ3n) is 4.68. The summed E-state index contributed by atoms with van der Waals surface area (Å²) in [6.45, 7) is 6.35. The summed E-state index contributed by atoms with van der Waals surface area (Å²) in [7, 11) is 0. The van der Waals surface area contributed by atoms with Crippen LogP contribution in [0.5, 0.6) is 0 Å². The number of aromatic amines is 1. The second kappa shape index (κ2) is 11.2. The smallest absolute Gasteiger partial charge is 0.329 e. The van der Waals surface area contributed by atoms with Gasteiger partial charge >= 0.3 is 12.2 Å². The SMILES string of the molecule is CC(=O)N[C@@H](Cc1c[nH]c2ccccc12)C(=O)N[C@@H](CCC(=O)C=[N+]=[N-])C(=O)OC(C)(C)C. The number of carbonyl (C=O) groups excluding carboxylic acids is 4. The van der Waals surface area contributed by atoms with Crippen LogP contribution < -0.4 is 10.6 Å². The van der Waals surface area contributed by atoms with E-state index in [1.54, 1.807) is 27.0 Å². The van der Waals surface area contributed by atoms with Gasteiger partial charge in [0.05, 0.1) is 0 Å². The first kappa shape index (κ1) is 25.5. The minimum absolute atomic E-state index is 0.0641. The lowest BCUT2D eigenvalue weighted by Crippen LogP contribution is -2.53. The number of para-hydroxylation sites is 1. The third-order valence-corrected chi connectivity index (χ3v) is 4.68. The van der Waals surface area contributed by atoms with Gasteiger partial charge in [-0.1, -0.05) is 18.2 Å². The maximum atomic E-state index is 13.1. The van der Waals surface area contributed by atoms with Crippen LogP contribution in [0.15, 0.2) is 30.5 Å². The number of fused-ring (bicyclic) bond motifs is 1. The van der Waals surface area contributed by atoms with Crippen molar-refractivity contribution in [2.45, 2.75) is 64.6 Å². The fourth-order valence-electron chi connectivity index (χ4n) is 3.28. The predicted molar refractivity (Wildman–Crippen MR) is 121 cm³/mol. The fraction of sp³-hybridized carbons (Fsp3) is 0.435. The lowest BCUT2D eigenvalue weighted by atomic mass is 10.0. The van der Waals surface area contributed by atoms with Crippen molar-refractivity contribution in [3.63, 3.8) is 0 Å². The zero-order valence-electron chi connectivity index (χ0n) is 19.2. The highest BCUT2D eigenvalue weighted by Gasteiger charge is 2.30. The highest BCUT2D eigenvalue weighted by molar-refractivity contribution is 6.25. The van der Waals surface area contributed by atoms with Crippen molar-refractivity contribution < 1.29 is 28.7 Å². The van der Waals surface area contributed by atoms with Gasteiger partial charge in [0.1, 0.15) is 17.7 Å². The van der Waals surface area contributed by atoms with E-state index >= 15 is 0 Å². The molecule has 0 aliphatic rings. The summed E-state index contributed by atoms with van der Waals surface area (Å²) >= 11 is 0.